The van der Waals surface area contributed by atoms with Crippen molar-refractivity contribution < 1.29 is 14.3 Å². The fraction of sp³-hybridized carbons (Fsp3) is 0.316. The lowest BCUT2D eigenvalue weighted by Gasteiger charge is -2.33. The van der Waals surface area contributed by atoms with Crippen LogP contribution in [0.15, 0.2) is 42.6 Å². The topological polar surface area (TPSA) is 88.8 Å². The molecular formula is C19H21ClN4O3. The predicted molar refractivity (Wildman–Crippen MR) is 103 cm³/mol. The number of ether oxygens (including phenoxy) is 1. The number of benzene rings is 1. The zero-order valence-corrected chi connectivity index (χ0v) is 15.6. The van der Waals surface area contributed by atoms with E-state index in [4.69, 9.17) is 22.1 Å². The predicted octanol–water partition coefficient (Wildman–Crippen LogP) is 2.34. The number of Topliss-reactive ketones (excluding diaryl/α,β-unsaturated/α-hetero) is 1. The van der Waals surface area contributed by atoms with Crippen molar-refractivity contribution in [3.8, 4) is 0 Å². The summed E-state index contributed by atoms with van der Waals surface area (Å²) in [6.45, 7) is 2.34. The van der Waals surface area contributed by atoms with E-state index in [1.165, 1.54) is 6.20 Å². The molecule has 0 spiro atoms. The van der Waals surface area contributed by atoms with Crippen LogP contribution in [0.3, 0.4) is 0 Å². The molecule has 0 atom stereocenters. The lowest BCUT2D eigenvalue weighted by atomic mass is 10.1. The standard InChI is InChI=1S/C19H21ClN4O3/c20-15-2-5-17(6-3-15)24(19(26)23-7-9-27-10-8-23)13-16-4-1-14(12-22-16)18(25)11-21/h1-6,12H,7-11,13,21H2. The summed E-state index contributed by atoms with van der Waals surface area (Å²) in [4.78, 5) is 32.4. The highest BCUT2D eigenvalue weighted by atomic mass is 35.5. The molecule has 2 heterocycles. The Hall–Kier alpha value is -2.48. The van der Waals surface area contributed by atoms with Gasteiger partial charge in [0.15, 0.2) is 5.78 Å². The van der Waals surface area contributed by atoms with E-state index < -0.39 is 0 Å². The minimum atomic E-state index is -0.173. The highest BCUT2D eigenvalue weighted by Crippen LogP contribution is 2.22. The van der Waals surface area contributed by atoms with Gasteiger partial charge < -0.3 is 15.4 Å². The number of aromatic nitrogens is 1. The quantitative estimate of drug-likeness (QED) is 0.794. The average molecular weight is 389 g/mol. The molecule has 1 aromatic heterocycles. The monoisotopic (exact) mass is 388 g/mol. The van der Waals surface area contributed by atoms with Crippen LogP contribution in [0, 0.1) is 0 Å². The van der Waals surface area contributed by atoms with Crippen molar-refractivity contribution in [2.75, 3.05) is 37.7 Å². The third-order valence-corrected chi connectivity index (χ3v) is 4.56. The summed E-state index contributed by atoms with van der Waals surface area (Å²) in [7, 11) is 0. The molecule has 142 valence electrons. The van der Waals surface area contributed by atoms with Gasteiger partial charge in [0, 0.05) is 35.6 Å². The van der Waals surface area contributed by atoms with Gasteiger partial charge in [0.1, 0.15) is 0 Å². The van der Waals surface area contributed by atoms with Gasteiger partial charge in [-0.25, -0.2) is 4.79 Å². The van der Waals surface area contributed by atoms with Gasteiger partial charge >= 0.3 is 6.03 Å². The number of urea groups is 1. The Labute approximate surface area is 162 Å². The van der Waals surface area contributed by atoms with Crippen molar-refractivity contribution in [1.82, 2.24) is 9.88 Å². The summed E-state index contributed by atoms with van der Waals surface area (Å²) in [6.07, 6.45) is 1.49. The van der Waals surface area contributed by atoms with E-state index in [1.54, 1.807) is 46.2 Å². The molecule has 2 aromatic rings. The van der Waals surface area contributed by atoms with E-state index in [1.807, 2.05) is 0 Å². The Morgan fingerprint density at radius 3 is 2.44 bits per heavy atom. The number of carbonyl (C=O) groups is 2. The van der Waals surface area contributed by atoms with E-state index in [9.17, 15) is 9.59 Å². The van der Waals surface area contributed by atoms with Crippen LogP contribution in [-0.2, 0) is 11.3 Å². The highest BCUT2D eigenvalue weighted by Gasteiger charge is 2.24. The summed E-state index contributed by atoms with van der Waals surface area (Å²) in [5, 5.41) is 0.597. The van der Waals surface area contributed by atoms with Crippen LogP contribution in [0.25, 0.3) is 0 Å². The first-order chi connectivity index (χ1) is 13.1. The van der Waals surface area contributed by atoms with Crippen LogP contribution in [0.4, 0.5) is 10.5 Å². The fourth-order valence-corrected chi connectivity index (χ4v) is 2.90. The van der Waals surface area contributed by atoms with Crippen molar-refractivity contribution in [2.45, 2.75) is 6.54 Å². The van der Waals surface area contributed by atoms with Gasteiger partial charge in [-0.3, -0.25) is 14.7 Å². The maximum Gasteiger partial charge on any atom is 0.325 e. The van der Waals surface area contributed by atoms with E-state index in [2.05, 4.69) is 4.98 Å². The Balaban J connectivity index is 1.83. The smallest absolute Gasteiger partial charge is 0.325 e. The minimum absolute atomic E-state index is 0.0621. The number of halogens is 1. The lowest BCUT2D eigenvalue weighted by Crippen LogP contribution is -2.48. The Morgan fingerprint density at radius 1 is 1.15 bits per heavy atom. The van der Waals surface area contributed by atoms with Crippen molar-refractivity contribution >= 4 is 29.1 Å². The molecule has 1 fully saturated rings. The first-order valence-corrected chi connectivity index (χ1v) is 9.04. The van der Waals surface area contributed by atoms with Crippen molar-refractivity contribution in [3.05, 3.63) is 58.9 Å². The number of carbonyl (C=O) groups excluding carboxylic acids is 2. The molecule has 0 unspecified atom stereocenters. The molecule has 1 saturated heterocycles. The zero-order chi connectivity index (χ0) is 19.2. The van der Waals surface area contributed by atoms with Gasteiger partial charge in [0.25, 0.3) is 0 Å². The summed E-state index contributed by atoms with van der Waals surface area (Å²) in [5.74, 6) is -0.173. The van der Waals surface area contributed by atoms with E-state index >= 15 is 0 Å². The second kappa shape index (κ2) is 8.94. The lowest BCUT2D eigenvalue weighted by molar-refractivity contribution is 0.0548. The number of ketones is 1. The number of nitrogens with two attached hydrogens (primary N) is 1. The van der Waals surface area contributed by atoms with Crippen molar-refractivity contribution in [2.24, 2.45) is 5.73 Å². The molecule has 8 heteroatoms. The number of rotatable bonds is 5. The largest absolute Gasteiger partial charge is 0.378 e. The van der Waals surface area contributed by atoms with Gasteiger partial charge in [-0.05, 0) is 36.4 Å². The summed E-state index contributed by atoms with van der Waals surface area (Å²) in [6, 6.07) is 10.4. The average Bonchev–Trinajstić information content (AvgIpc) is 2.73. The maximum absolute atomic E-state index is 13.1. The third-order valence-electron chi connectivity index (χ3n) is 4.30. The Bertz CT molecular complexity index is 790. The van der Waals surface area contributed by atoms with Crippen LogP contribution in [0.1, 0.15) is 16.1 Å². The minimum Gasteiger partial charge on any atom is -0.378 e. The second-order valence-electron chi connectivity index (χ2n) is 6.11. The van der Waals surface area contributed by atoms with Crippen LogP contribution in [0.2, 0.25) is 5.02 Å². The molecule has 0 aliphatic carbocycles. The number of morpholine rings is 1. The summed E-state index contributed by atoms with van der Waals surface area (Å²) < 4.78 is 5.33. The number of nitrogens with zero attached hydrogens (tertiary/aromatic N) is 3. The van der Waals surface area contributed by atoms with Gasteiger partial charge in [0.2, 0.25) is 0 Å². The van der Waals surface area contributed by atoms with Crippen LogP contribution < -0.4 is 10.6 Å². The van der Waals surface area contributed by atoms with Crippen molar-refractivity contribution in [3.63, 3.8) is 0 Å². The Kier molecular flexibility index (Phi) is 6.39. The molecule has 1 aliphatic heterocycles. The maximum atomic E-state index is 13.1. The van der Waals surface area contributed by atoms with E-state index in [-0.39, 0.29) is 24.9 Å². The van der Waals surface area contributed by atoms with E-state index in [0.29, 0.717) is 42.6 Å². The third kappa shape index (κ3) is 4.82. The summed E-state index contributed by atoms with van der Waals surface area (Å²) in [5.41, 5.74) is 7.22. The number of pyridine rings is 1. The van der Waals surface area contributed by atoms with E-state index in [0.717, 1.165) is 5.69 Å². The molecular weight excluding hydrogens is 368 g/mol. The SMILES string of the molecule is NCC(=O)c1ccc(CN(C(=O)N2CCOCC2)c2ccc(Cl)cc2)nc1. The first-order valence-electron chi connectivity index (χ1n) is 8.66. The fourth-order valence-electron chi connectivity index (χ4n) is 2.78. The van der Waals surface area contributed by atoms with Gasteiger partial charge in [-0.15, -0.1) is 0 Å². The molecule has 1 aliphatic rings. The molecule has 0 saturated carbocycles. The van der Waals surface area contributed by atoms with Crippen molar-refractivity contribution in [1.29, 1.82) is 0 Å². The number of amides is 2. The molecule has 2 amide bonds. The molecule has 27 heavy (non-hydrogen) atoms. The molecule has 0 radical (unpaired) electrons. The number of hydrogen-bond acceptors (Lipinski definition) is 5. The molecule has 7 nitrogen and oxygen atoms in total. The first kappa shape index (κ1) is 19.3. The molecule has 2 N–H and O–H groups in total. The van der Waals surface area contributed by atoms with Crippen LogP contribution in [0.5, 0.6) is 0 Å². The Morgan fingerprint density at radius 2 is 1.85 bits per heavy atom. The summed E-state index contributed by atoms with van der Waals surface area (Å²) >= 11 is 5.98. The van der Waals surface area contributed by atoms with Crippen LogP contribution >= 0.6 is 11.6 Å². The highest BCUT2D eigenvalue weighted by molar-refractivity contribution is 6.30. The number of anilines is 1. The van der Waals surface area contributed by atoms with Gasteiger partial charge in [-0.2, -0.15) is 0 Å². The molecule has 1 aromatic carbocycles. The van der Waals surface area contributed by atoms with Gasteiger partial charge in [0.05, 0.1) is 32.0 Å². The normalized spacial score (nSPS) is 14.1. The van der Waals surface area contributed by atoms with Crippen LogP contribution in [-0.4, -0.2) is 54.5 Å². The van der Waals surface area contributed by atoms with Gasteiger partial charge in [-0.1, -0.05) is 11.6 Å². The second-order valence-corrected chi connectivity index (χ2v) is 6.55. The number of hydrogen-bond donors (Lipinski definition) is 1. The molecule has 3 rings (SSSR count). The molecule has 0 bridgehead atoms. The zero-order valence-electron chi connectivity index (χ0n) is 14.8.